The fraction of sp³-hybridized carbons (Fsp3) is 0.333. The smallest absolute Gasteiger partial charge is 0.230 e. The number of hydrogen-bond acceptors (Lipinski definition) is 9. The van der Waals surface area contributed by atoms with Gasteiger partial charge in [0, 0.05) is 55.8 Å². The zero-order valence-electron chi connectivity index (χ0n) is 18.2. The van der Waals surface area contributed by atoms with Crippen LogP contribution in [0.1, 0.15) is 12.0 Å². The van der Waals surface area contributed by atoms with Crippen molar-refractivity contribution < 1.29 is 9.84 Å². The van der Waals surface area contributed by atoms with E-state index in [4.69, 9.17) is 10.00 Å². The first-order chi connectivity index (χ1) is 16.2. The topological polar surface area (TPSA) is 110 Å². The van der Waals surface area contributed by atoms with Gasteiger partial charge >= 0.3 is 0 Å². The Hall–Kier alpha value is -3.74. The van der Waals surface area contributed by atoms with Gasteiger partial charge in [-0.3, -0.25) is 4.90 Å². The zero-order chi connectivity index (χ0) is 22.6. The van der Waals surface area contributed by atoms with Crippen molar-refractivity contribution in [3.8, 4) is 23.2 Å². The van der Waals surface area contributed by atoms with Crippen LogP contribution in [-0.4, -0.2) is 70.4 Å². The van der Waals surface area contributed by atoms with Gasteiger partial charge in [0.05, 0.1) is 12.2 Å². The quantitative estimate of drug-likeness (QED) is 0.615. The summed E-state index contributed by atoms with van der Waals surface area (Å²) >= 11 is 0. The lowest BCUT2D eigenvalue weighted by Crippen LogP contribution is -2.50. The first-order valence-electron chi connectivity index (χ1n) is 11.1. The number of phenols is 1. The minimum Gasteiger partial charge on any atom is -0.507 e. The number of piperazine rings is 1. The van der Waals surface area contributed by atoms with Crippen molar-refractivity contribution in [2.45, 2.75) is 12.5 Å². The molecule has 0 amide bonds. The van der Waals surface area contributed by atoms with Crippen molar-refractivity contribution >= 4 is 17.3 Å². The van der Waals surface area contributed by atoms with Crippen molar-refractivity contribution in [1.82, 2.24) is 19.9 Å². The van der Waals surface area contributed by atoms with E-state index >= 15 is 0 Å². The number of benzene rings is 2. The Labute approximate surface area is 192 Å². The molecule has 3 heterocycles. The normalized spacial score (nSPS) is 18.8. The van der Waals surface area contributed by atoms with Gasteiger partial charge < -0.3 is 20.1 Å². The van der Waals surface area contributed by atoms with Crippen LogP contribution >= 0.6 is 0 Å². The van der Waals surface area contributed by atoms with Crippen LogP contribution in [0.15, 0.2) is 48.8 Å². The Balaban J connectivity index is 1.23. The van der Waals surface area contributed by atoms with Gasteiger partial charge in [-0.2, -0.15) is 10.2 Å². The fourth-order valence-electron chi connectivity index (χ4n) is 4.30. The van der Waals surface area contributed by atoms with Crippen molar-refractivity contribution in [2.75, 3.05) is 49.6 Å². The van der Waals surface area contributed by atoms with Crippen LogP contribution in [0.25, 0.3) is 11.4 Å². The molecule has 2 aromatic carbocycles. The lowest BCUT2D eigenvalue weighted by atomic mass is 10.1. The summed E-state index contributed by atoms with van der Waals surface area (Å²) in [5, 5.41) is 22.1. The second-order valence-electron chi connectivity index (χ2n) is 8.19. The Morgan fingerprint density at radius 2 is 1.88 bits per heavy atom. The lowest BCUT2D eigenvalue weighted by molar-refractivity contribution is 0.139. The average molecular weight is 444 g/mol. The van der Waals surface area contributed by atoms with E-state index in [-0.39, 0.29) is 11.3 Å². The molecule has 2 fully saturated rings. The third-order valence-electron chi connectivity index (χ3n) is 6.17. The molecule has 1 unspecified atom stereocenters. The highest BCUT2D eigenvalue weighted by molar-refractivity contribution is 5.64. The number of rotatable bonds is 5. The van der Waals surface area contributed by atoms with Crippen LogP contribution in [-0.2, 0) is 4.74 Å². The van der Waals surface area contributed by atoms with Crippen LogP contribution in [0.5, 0.6) is 5.75 Å². The molecule has 5 rings (SSSR count). The number of anilines is 3. The Kier molecular flexibility index (Phi) is 6.02. The molecular formula is C24H25N7O2. The summed E-state index contributed by atoms with van der Waals surface area (Å²) in [6.07, 6.45) is 2.57. The molecule has 3 aromatic rings. The van der Waals surface area contributed by atoms with E-state index in [2.05, 4.69) is 42.2 Å². The number of ether oxygens (including phenoxy) is 1. The summed E-state index contributed by atoms with van der Waals surface area (Å²) in [6.45, 7) is 5.90. The predicted octanol–water partition coefficient (Wildman–Crippen LogP) is 2.77. The number of nitriles is 1. The second-order valence-corrected chi connectivity index (χ2v) is 8.19. The SMILES string of the molecule is N#Cc1cc(-c2ncnc(Nc3ccc(N4CCN(C5CCOC5)CC4)cc3)n2)ccc1O. The van der Waals surface area contributed by atoms with Gasteiger partial charge in [-0.05, 0) is 48.9 Å². The third kappa shape index (κ3) is 4.72. The molecule has 0 saturated carbocycles. The number of nitrogens with one attached hydrogen (secondary N) is 1. The van der Waals surface area contributed by atoms with Gasteiger partial charge in [0.1, 0.15) is 18.1 Å². The van der Waals surface area contributed by atoms with E-state index < -0.39 is 0 Å². The molecule has 9 nitrogen and oxygen atoms in total. The summed E-state index contributed by atoms with van der Waals surface area (Å²) in [6, 6.07) is 15.5. The van der Waals surface area contributed by atoms with Gasteiger partial charge in [-0.25, -0.2) is 9.97 Å². The number of aromatic hydroxyl groups is 1. The molecule has 1 atom stereocenters. The highest BCUT2D eigenvalue weighted by Crippen LogP contribution is 2.25. The molecule has 1 aromatic heterocycles. The van der Waals surface area contributed by atoms with E-state index in [0.717, 1.165) is 51.5 Å². The predicted molar refractivity (Wildman–Crippen MR) is 124 cm³/mol. The maximum atomic E-state index is 9.71. The molecule has 0 radical (unpaired) electrons. The summed E-state index contributed by atoms with van der Waals surface area (Å²) in [4.78, 5) is 17.8. The standard InChI is InChI=1S/C24H25N7O2/c25-14-18-13-17(1-6-22(18)32)23-26-16-27-24(29-23)28-19-2-4-20(5-3-19)30-8-10-31(11-9-30)21-7-12-33-15-21/h1-6,13,16,21,32H,7-12,15H2,(H,26,27,28,29). The van der Waals surface area contributed by atoms with Gasteiger partial charge in [0.15, 0.2) is 5.82 Å². The van der Waals surface area contributed by atoms with Crippen LogP contribution < -0.4 is 10.2 Å². The third-order valence-corrected chi connectivity index (χ3v) is 6.17. The maximum Gasteiger partial charge on any atom is 0.230 e. The Bertz CT molecular complexity index is 1150. The van der Waals surface area contributed by atoms with Gasteiger partial charge in [0.25, 0.3) is 0 Å². The first-order valence-corrected chi connectivity index (χ1v) is 11.1. The van der Waals surface area contributed by atoms with E-state index in [1.165, 1.54) is 18.1 Å². The van der Waals surface area contributed by atoms with Gasteiger partial charge in [0.2, 0.25) is 5.95 Å². The number of phenolic OH excluding ortho intramolecular Hbond substituents is 1. The highest BCUT2D eigenvalue weighted by Gasteiger charge is 2.26. The molecule has 0 spiro atoms. The molecule has 2 saturated heterocycles. The number of aromatic nitrogens is 3. The van der Waals surface area contributed by atoms with E-state index in [1.807, 2.05) is 18.2 Å². The molecule has 33 heavy (non-hydrogen) atoms. The van der Waals surface area contributed by atoms with Gasteiger partial charge in [-0.15, -0.1) is 0 Å². The molecule has 0 bridgehead atoms. The van der Waals surface area contributed by atoms with E-state index in [0.29, 0.717) is 23.4 Å². The summed E-state index contributed by atoms with van der Waals surface area (Å²) in [5.74, 6) is 0.764. The fourth-order valence-corrected chi connectivity index (χ4v) is 4.30. The van der Waals surface area contributed by atoms with Crippen LogP contribution in [0.2, 0.25) is 0 Å². The second kappa shape index (κ2) is 9.40. The van der Waals surface area contributed by atoms with Crippen molar-refractivity contribution in [2.24, 2.45) is 0 Å². The van der Waals surface area contributed by atoms with E-state index in [1.54, 1.807) is 12.1 Å². The van der Waals surface area contributed by atoms with E-state index in [9.17, 15) is 5.11 Å². The molecule has 2 aliphatic rings. The lowest BCUT2D eigenvalue weighted by Gasteiger charge is -2.38. The summed E-state index contributed by atoms with van der Waals surface area (Å²) in [7, 11) is 0. The Morgan fingerprint density at radius 3 is 2.61 bits per heavy atom. The number of hydrogen-bond donors (Lipinski definition) is 2. The highest BCUT2D eigenvalue weighted by atomic mass is 16.5. The molecule has 2 N–H and O–H groups in total. The first kappa shape index (κ1) is 21.1. The molecular weight excluding hydrogens is 418 g/mol. The molecule has 168 valence electrons. The van der Waals surface area contributed by atoms with Crippen LogP contribution in [0, 0.1) is 11.3 Å². The van der Waals surface area contributed by atoms with Crippen molar-refractivity contribution in [3.63, 3.8) is 0 Å². The largest absolute Gasteiger partial charge is 0.507 e. The average Bonchev–Trinajstić information content (AvgIpc) is 3.40. The zero-order valence-corrected chi connectivity index (χ0v) is 18.2. The van der Waals surface area contributed by atoms with Crippen molar-refractivity contribution in [3.05, 3.63) is 54.4 Å². The summed E-state index contributed by atoms with van der Waals surface area (Å²) in [5.41, 5.74) is 2.89. The molecule has 2 aliphatic heterocycles. The summed E-state index contributed by atoms with van der Waals surface area (Å²) < 4.78 is 5.53. The van der Waals surface area contributed by atoms with Crippen LogP contribution in [0.3, 0.4) is 0 Å². The molecule has 0 aliphatic carbocycles. The monoisotopic (exact) mass is 443 g/mol. The van der Waals surface area contributed by atoms with Crippen LogP contribution in [0.4, 0.5) is 17.3 Å². The maximum absolute atomic E-state index is 9.71. The Morgan fingerprint density at radius 1 is 1.06 bits per heavy atom. The number of nitrogens with zero attached hydrogens (tertiary/aromatic N) is 6. The van der Waals surface area contributed by atoms with Gasteiger partial charge in [-0.1, -0.05) is 0 Å². The van der Waals surface area contributed by atoms with Crippen molar-refractivity contribution in [1.29, 1.82) is 5.26 Å². The minimum absolute atomic E-state index is 0.0669. The molecule has 9 heteroatoms. The minimum atomic E-state index is -0.0669.